The van der Waals surface area contributed by atoms with Gasteiger partial charge in [0.15, 0.2) is 0 Å². The molecule has 0 aromatic heterocycles. The van der Waals surface area contributed by atoms with Gasteiger partial charge in [0.25, 0.3) is 10.0 Å². The highest BCUT2D eigenvalue weighted by Crippen LogP contribution is 2.35. The van der Waals surface area contributed by atoms with Crippen molar-refractivity contribution in [2.45, 2.75) is 31.3 Å². The Hall–Kier alpha value is -3.27. The van der Waals surface area contributed by atoms with Crippen molar-refractivity contribution in [2.24, 2.45) is 0 Å². The van der Waals surface area contributed by atoms with Crippen LogP contribution >= 0.6 is 23.2 Å². The summed E-state index contributed by atoms with van der Waals surface area (Å²) in [4.78, 5) is 27.9. The molecular weight excluding hydrogens is 549 g/mol. The molecule has 3 aromatic carbocycles. The number of rotatable bonds is 11. The molecule has 0 saturated carbocycles. The van der Waals surface area contributed by atoms with E-state index >= 15 is 0 Å². The summed E-state index contributed by atoms with van der Waals surface area (Å²) < 4.78 is 33.6. The van der Waals surface area contributed by atoms with E-state index in [0.29, 0.717) is 12.3 Å². The third-order valence-corrected chi connectivity index (χ3v) is 8.42. The molecule has 8 nitrogen and oxygen atoms in total. The summed E-state index contributed by atoms with van der Waals surface area (Å²) in [5.41, 5.74) is 0.778. The second-order valence-corrected chi connectivity index (χ2v) is 11.0. The molecule has 1 atom stereocenters. The summed E-state index contributed by atoms with van der Waals surface area (Å²) in [5, 5.41) is 2.84. The highest BCUT2D eigenvalue weighted by atomic mass is 35.5. The lowest BCUT2D eigenvalue weighted by Gasteiger charge is -2.32. The van der Waals surface area contributed by atoms with Crippen molar-refractivity contribution in [1.82, 2.24) is 10.2 Å². The summed E-state index contributed by atoms with van der Waals surface area (Å²) in [5.74, 6) is -0.332. The lowest BCUT2D eigenvalue weighted by molar-refractivity contribution is -0.139. The van der Waals surface area contributed by atoms with Crippen molar-refractivity contribution in [3.05, 3.63) is 88.4 Å². The Kier molecular flexibility index (Phi) is 10.0. The zero-order valence-electron chi connectivity index (χ0n) is 21.2. The van der Waals surface area contributed by atoms with Gasteiger partial charge in [0.2, 0.25) is 11.8 Å². The van der Waals surface area contributed by atoms with Gasteiger partial charge in [-0.1, -0.05) is 59.6 Å². The molecule has 0 aliphatic rings. The molecule has 3 rings (SSSR count). The molecular formula is C27H29Cl2N3O5S. The van der Waals surface area contributed by atoms with Crippen LogP contribution in [0.3, 0.4) is 0 Å². The smallest absolute Gasteiger partial charge is 0.264 e. The van der Waals surface area contributed by atoms with Gasteiger partial charge in [-0.05, 0) is 55.8 Å². The Morgan fingerprint density at radius 2 is 1.63 bits per heavy atom. The van der Waals surface area contributed by atoms with E-state index in [-0.39, 0.29) is 33.1 Å². The predicted octanol–water partition coefficient (Wildman–Crippen LogP) is 4.75. The van der Waals surface area contributed by atoms with Gasteiger partial charge >= 0.3 is 0 Å². The standard InChI is InChI=1S/C27H29Cl2N3O5S/c1-4-30-27(34)19(2)31(17-20-13-15-21(37-3)16-14-20)25(33)18-32(24-12-8-11-23(28)26(24)29)38(35,36)22-9-6-5-7-10-22/h5-16,19H,4,17-18H2,1-3H3,(H,30,34). The average Bonchev–Trinajstić information content (AvgIpc) is 2.92. The Labute approximate surface area is 233 Å². The number of anilines is 1. The quantitative estimate of drug-likeness (QED) is 0.354. The van der Waals surface area contributed by atoms with E-state index < -0.39 is 28.5 Å². The van der Waals surface area contributed by atoms with Crippen molar-refractivity contribution in [3.63, 3.8) is 0 Å². The molecule has 0 radical (unpaired) electrons. The van der Waals surface area contributed by atoms with Crippen molar-refractivity contribution in [2.75, 3.05) is 24.5 Å². The van der Waals surface area contributed by atoms with Gasteiger partial charge in [-0.25, -0.2) is 8.42 Å². The van der Waals surface area contributed by atoms with Crippen LogP contribution in [-0.2, 0) is 26.2 Å². The molecule has 0 saturated heterocycles. The van der Waals surface area contributed by atoms with Crippen LogP contribution < -0.4 is 14.4 Å². The van der Waals surface area contributed by atoms with Gasteiger partial charge in [0.05, 0.1) is 27.7 Å². The predicted molar refractivity (Wildman–Crippen MR) is 149 cm³/mol. The SMILES string of the molecule is CCNC(=O)C(C)N(Cc1ccc(OC)cc1)C(=O)CN(c1cccc(Cl)c1Cl)S(=O)(=O)c1ccccc1. The fraction of sp³-hybridized carbons (Fsp3) is 0.259. The molecule has 11 heteroatoms. The fourth-order valence-corrected chi connectivity index (χ4v) is 5.64. The number of likely N-dealkylation sites (N-methyl/N-ethyl adjacent to an activating group) is 1. The fourth-order valence-electron chi connectivity index (χ4n) is 3.75. The third kappa shape index (κ3) is 6.78. The topological polar surface area (TPSA) is 96.0 Å². The summed E-state index contributed by atoms with van der Waals surface area (Å²) in [6.07, 6.45) is 0. The van der Waals surface area contributed by atoms with Crippen molar-refractivity contribution >= 4 is 50.7 Å². The van der Waals surface area contributed by atoms with Gasteiger partial charge in [-0.15, -0.1) is 0 Å². The van der Waals surface area contributed by atoms with Crippen LogP contribution in [-0.4, -0.2) is 51.4 Å². The van der Waals surface area contributed by atoms with E-state index in [4.69, 9.17) is 27.9 Å². The zero-order valence-corrected chi connectivity index (χ0v) is 23.6. The largest absolute Gasteiger partial charge is 0.497 e. The molecule has 38 heavy (non-hydrogen) atoms. The third-order valence-electron chi connectivity index (χ3n) is 5.84. The van der Waals surface area contributed by atoms with E-state index in [2.05, 4.69) is 5.32 Å². The maximum absolute atomic E-state index is 13.8. The van der Waals surface area contributed by atoms with Crippen molar-refractivity contribution < 1.29 is 22.7 Å². The van der Waals surface area contributed by atoms with E-state index in [1.165, 1.54) is 29.2 Å². The van der Waals surface area contributed by atoms with Crippen LogP contribution in [0.1, 0.15) is 19.4 Å². The van der Waals surface area contributed by atoms with Crippen molar-refractivity contribution in [3.8, 4) is 5.75 Å². The minimum atomic E-state index is -4.23. The molecule has 0 aliphatic carbocycles. The lowest BCUT2D eigenvalue weighted by atomic mass is 10.1. The molecule has 3 aromatic rings. The first-order valence-corrected chi connectivity index (χ1v) is 14.0. The van der Waals surface area contributed by atoms with E-state index in [0.717, 1.165) is 9.87 Å². The number of methoxy groups -OCH3 is 1. The van der Waals surface area contributed by atoms with Gasteiger partial charge < -0.3 is 15.0 Å². The first kappa shape index (κ1) is 29.3. The first-order chi connectivity index (χ1) is 18.1. The maximum Gasteiger partial charge on any atom is 0.264 e. The Morgan fingerprint density at radius 1 is 0.974 bits per heavy atom. The van der Waals surface area contributed by atoms with Crippen LogP contribution in [0.2, 0.25) is 10.0 Å². The molecule has 1 N–H and O–H groups in total. The van der Waals surface area contributed by atoms with Crippen LogP contribution in [0.15, 0.2) is 77.7 Å². The Balaban J connectivity index is 2.05. The summed E-state index contributed by atoms with van der Waals surface area (Å²) >= 11 is 12.6. The minimum absolute atomic E-state index is 0.0139. The number of carbonyl (C=O) groups excluding carboxylic acids is 2. The maximum atomic E-state index is 13.8. The highest BCUT2D eigenvalue weighted by molar-refractivity contribution is 7.92. The number of carbonyl (C=O) groups is 2. The molecule has 0 heterocycles. The molecule has 0 aliphatic heterocycles. The van der Waals surface area contributed by atoms with Gasteiger partial charge in [0, 0.05) is 13.1 Å². The molecule has 202 valence electrons. The van der Waals surface area contributed by atoms with Crippen molar-refractivity contribution in [1.29, 1.82) is 0 Å². The summed E-state index contributed by atoms with van der Waals surface area (Å²) in [7, 11) is -2.69. The number of halogens is 2. The number of ether oxygens (including phenoxy) is 1. The molecule has 0 bridgehead atoms. The molecule has 0 spiro atoms. The lowest BCUT2D eigenvalue weighted by Crippen LogP contribution is -2.51. The number of hydrogen-bond donors (Lipinski definition) is 1. The highest BCUT2D eigenvalue weighted by Gasteiger charge is 2.33. The normalized spacial score (nSPS) is 11.9. The number of benzene rings is 3. The van der Waals surface area contributed by atoms with Gasteiger partial charge in [-0.2, -0.15) is 0 Å². The van der Waals surface area contributed by atoms with E-state index in [1.54, 1.807) is 69.5 Å². The first-order valence-electron chi connectivity index (χ1n) is 11.8. The molecule has 1 unspecified atom stereocenters. The number of amides is 2. The average molecular weight is 579 g/mol. The Bertz CT molecular complexity index is 1370. The second-order valence-electron chi connectivity index (χ2n) is 8.34. The van der Waals surface area contributed by atoms with Crippen LogP contribution in [0.4, 0.5) is 5.69 Å². The monoisotopic (exact) mass is 577 g/mol. The van der Waals surface area contributed by atoms with E-state index in [9.17, 15) is 18.0 Å². The van der Waals surface area contributed by atoms with Gasteiger partial charge in [0.1, 0.15) is 18.3 Å². The summed E-state index contributed by atoms with van der Waals surface area (Å²) in [6.45, 7) is 3.19. The number of nitrogens with one attached hydrogen (secondary N) is 1. The number of hydrogen-bond acceptors (Lipinski definition) is 5. The zero-order chi connectivity index (χ0) is 27.9. The number of nitrogens with zero attached hydrogens (tertiary/aromatic N) is 2. The Morgan fingerprint density at radius 3 is 2.24 bits per heavy atom. The van der Waals surface area contributed by atoms with Crippen LogP contribution in [0, 0.1) is 0 Å². The minimum Gasteiger partial charge on any atom is -0.497 e. The van der Waals surface area contributed by atoms with Crippen LogP contribution in [0.5, 0.6) is 5.75 Å². The second kappa shape index (κ2) is 13.0. The van der Waals surface area contributed by atoms with Gasteiger partial charge in [-0.3, -0.25) is 13.9 Å². The molecule has 2 amide bonds. The van der Waals surface area contributed by atoms with E-state index in [1.807, 2.05) is 0 Å². The van der Waals surface area contributed by atoms with Crippen LogP contribution in [0.25, 0.3) is 0 Å². The molecule has 0 fully saturated rings. The number of sulfonamides is 1. The summed E-state index contributed by atoms with van der Waals surface area (Å²) in [6, 6.07) is 18.4.